The van der Waals surface area contributed by atoms with E-state index in [9.17, 15) is 4.79 Å². The molecular formula is C9H17NO. The average molecular weight is 155 g/mol. The van der Waals surface area contributed by atoms with Crippen molar-refractivity contribution in [1.29, 1.82) is 0 Å². The summed E-state index contributed by atoms with van der Waals surface area (Å²) in [6, 6.07) is 0.0335. The van der Waals surface area contributed by atoms with Crippen molar-refractivity contribution >= 4 is 5.78 Å². The average Bonchev–Trinajstić information content (AvgIpc) is 2.03. The van der Waals surface area contributed by atoms with Crippen LogP contribution in [0.2, 0.25) is 0 Å². The first kappa shape index (κ1) is 10.4. The lowest BCUT2D eigenvalue weighted by Gasteiger charge is -2.10. The van der Waals surface area contributed by atoms with Gasteiger partial charge < -0.3 is 5.32 Å². The van der Waals surface area contributed by atoms with E-state index in [4.69, 9.17) is 0 Å². The Kier molecular flexibility index (Phi) is 5.75. The van der Waals surface area contributed by atoms with Crippen molar-refractivity contribution in [3.63, 3.8) is 0 Å². The van der Waals surface area contributed by atoms with Crippen LogP contribution in [0.4, 0.5) is 0 Å². The van der Waals surface area contributed by atoms with Crippen LogP contribution < -0.4 is 5.32 Å². The lowest BCUT2D eigenvalue weighted by Crippen LogP contribution is -2.32. The molecule has 0 radical (unpaired) electrons. The van der Waals surface area contributed by atoms with E-state index in [0.29, 0.717) is 6.42 Å². The predicted octanol–water partition coefficient (Wildman–Crippen LogP) is 1.52. The van der Waals surface area contributed by atoms with Gasteiger partial charge in [0.05, 0.1) is 6.04 Å². The summed E-state index contributed by atoms with van der Waals surface area (Å²) in [7, 11) is 1.82. The number of hydrogen-bond acceptors (Lipinski definition) is 2. The number of hydrogen-bond donors (Lipinski definition) is 1. The van der Waals surface area contributed by atoms with Gasteiger partial charge in [-0.05, 0) is 20.4 Å². The molecule has 0 aromatic carbocycles. The van der Waals surface area contributed by atoms with Gasteiger partial charge in [0.15, 0.2) is 5.78 Å². The Balaban J connectivity index is 3.79. The summed E-state index contributed by atoms with van der Waals surface area (Å²) in [6.07, 6.45) is 5.21. The minimum atomic E-state index is 0.0335. The van der Waals surface area contributed by atoms with Gasteiger partial charge in [0.2, 0.25) is 0 Å². The molecule has 11 heavy (non-hydrogen) atoms. The highest BCUT2D eigenvalue weighted by atomic mass is 16.1. The standard InChI is InChI=1S/C9H17NO/c1-4-6-7-9(11)8(5-2)10-3/h4,6,8,10H,5,7H2,1-3H3/b6-4+. The molecule has 0 aliphatic carbocycles. The molecule has 0 saturated heterocycles. The van der Waals surface area contributed by atoms with Gasteiger partial charge in [-0.15, -0.1) is 0 Å². The number of ketones is 1. The van der Waals surface area contributed by atoms with Crippen LogP contribution in [0.1, 0.15) is 26.7 Å². The summed E-state index contributed by atoms with van der Waals surface area (Å²) >= 11 is 0. The van der Waals surface area contributed by atoms with Gasteiger partial charge in [-0.25, -0.2) is 0 Å². The zero-order valence-corrected chi connectivity index (χ0v) is 7.55. The van der Waals surface area contributed by atoms with Crippen LogP contribution >= 0.6 is 0 Å². The molecule has 0 aliphatic heterocycles. The lowest BCUT2D eigenvalue weighted by atomic mass is 10.1. The van der Waals surface area contributed by atoms with Crippen LogP contribution in [0.15, 0.2) is 12.2 Å². The first-order valence-corrected chi connectivity index (χ1v) is 4.07. The van der Waals surface area contributed by atoms with E-state index in [1.54, 1.807) is 0 Å². The van der Waals surface area contributed by atoms with Crippen LogP contribution in [-0.4, -0.2) is 18.9 Å². The second kappa shape index (κ2) is 6.10. The quantitative estimate of drug-likeness (QED) is 0.610. The minimum absolute atomic E-state index is 0.0335. The van der Waals surface area contributed by atoms with Crippen LogP contribution in [0.5, 0.6) is 0 Å². The van der Waals surface area contributed by atoms with Gasteiger partial charge in [-0.1, -0.05) is 19.1 Å². The first-order chi connectivity index (χ1) is 5.26. The van der Waals surface area contributed by atoms with E-state index in [0.717, 1.165) is 6.42 Å². The Morgan fingerprint density at radius 2 is 2.27 bits per heavy atom. The molecule has 1 atom stereocenters. The number of carbonyl (C=O) groups excluding carboxylic acids is 1. The second-order valence-corrected chi connectivity index (χ2v) is 2.49. The summed E-state index contributed by atoms with van der Waals surface area (Å²) in [5.74, 6) is 0.271. The molecule has 2 heteroatoms. The first-order valence-electron chi connectivity index (χ1n) is 4.07. The van der Waals surface area contributed by atoms with Crippen molar-refractivity contribution in [2.75, 3.05) is 7.05 Å². The van der Waals surface area contributed by atoms with Crippen LogP contribution in [0.25, 0.3) is 0 Å². The molecule has 1 unspecified atom stereocenters. The Morgan fingerprint density at radius 3 is 2.64 bits per heavy atom. The Labute approximate surface area is 68.7 Å². The summed E-state index contributed by atoms with van der Waals surface area (Å²) in [4.78, 5) is 11.3. The van der Waals surface area contributed by atoms with Crippen molar-refractivity contribution in [2.45, 2.75) is 32.7 Å². The molecular weight excluding hydrogens is 138 g/mol. The molecule has 0 amide bonds. The van der Waals surface area contributed by atoms with Gasteiger partial charge >= 0.3 is 0 Å². The van der Waals surface area contributed by atoms with E-state index < -0.39 is 0 Å². The Bertz CT molecular complexity index is 136. The normalized spacial score (nSPS) is 13.7. The molecule has 0 aromatic heterocycles. The summed E-state index contributed by atoms with van der Waals surface area (Å²) < 4.78 is 0. The molecule has 0 rings (SSSR count). The fourth-order valence-corrected chi connectivity index (χ4v) is 0.969. The third-order valence-electron chi connectivity index (χ3n) is 1.70. The minimum Gasteiger partial charge on any atom is -0.311 e. The smallest absolute Gasteiger partial charge is 0.153 e. The third kappa shape index (κ3) is 3.94. The van der Waals surface area contributed by atoms with E-state index in [1.165, 1.54) is 0 Å². The highest BCUT2D eigenvalue weighted by molar-refractivity contribution is 5.85. The maximum atomic E-state index is 11.3. The fourth-order valence-electron chi connectivity index (χ4n) is 0.969. The van der Waals surface area contributed by atoms with E-state index >= 15 is 0 Å². The lowest BCUT2D eigenvalue weighted by molar-refractivity contribution is -0.120. The molecule has 0 heterocycles. The van der Waals surface area contributed by atoms with E-state index in [-0.39, 0.29) is 11.8 Å². The maximum absolute atomic E-state index is 11.3. The molecule has 0 aromatic rings. The summed E-state index contributed by atoms with van der Waals surface area (Å²) in [6.45, 7) is 3.93. The highest BCUT2D eigenvalue weighted by Crippen LogP contribution is 1.96. The summed E-state index contributed by atoms with van der Waals surface area (Å²) in [5.41, 5.74) is 0. The van der Waals surface area contributed by atoms with Crippen molar-refractivity contribution in [3.8, 4) is 0 Å². The third-order valence-corrected chi connectivity index (χ3v) is 1.70. The number of carbonyl (C=O) groups is 1. The number of likely N-dealkylation sites (N-methyl/N-ethyl adjacent to an activating group) is 1. The topological polar surface area (TPSA) is 29.1 Å². The SMILES string of the molecule is C/C=C/CC(=O)C(CC)NC. The highest BCUT2D eigenvalue weighted by Gasteiger charge is 2.10. The largest absolute Gasteiger partial charge is 0.311 e. The summed E-state index contributed by atoms with van der Waals surface area (Å²) in [5, 5.41) is 2.98. The Morgan fingerprint density at radius 1 is 1.64 bits per heavy atom. The van der Waals surface area contributed by atoms with Gasteiger partial charge in [-0.3, -0.25) is 4.79 Å². The number of nitrogens with one attached hydrogen (secondary N) is 1. The van der Waals surface area contributed by atoms with Gasteiger partial charge in [0.25, 0.3) is 0 Å². The molecule has 2 nitrogen and oxygen atoms in total. The number of Topliss-reactive ketones (excluding diaryl/α,β-unsaturated/α-hetero) is 1. The van der Waals surface area contributed by atoms with Crippen LogP contribution in [0, 0.1) is 0 Å². The fraction of sp³-hybridized carbons (Fsp3) is 0.667. The van der Waals surface area contributed by atoms with Crippen molar-refractivity contribution in [2.24, 2.45) is 0 Å². The predicted molar refractivity (Wildman–Crippen MR) is 47.6 cm³/mol. The van der Waals surface area contributed by atoms with E-state index in [2.05, 4.69) is 5.32 Å². The molecule has 64 valence electrons. The monoisotopic (exact) mass is 155 g/mol. The molecule has 0 spiro atoms. The second-order valence-electron chi connectivity index (χ2n) is 2.49. The van der Waals surface area contributed by atoms with Crippen molar-refractivity contribution in [3.05, 3.63) is 12.2 Å². The van der Waals surface area contributed by atoms with Crippen molar-refractivity contribution in [1.82, 2.24) is 5.32 Å². The zero-order valence-electron chi connectivity index (χ0n) is 7.55. The van der Waals surface area contributed by atoms with Gasteiger partial charge in [0, 0.05) is 6.42 Å². The number of allylic oxidation sites excluding steroid dienone is 2. The van der Waals surface area contributed by atoms with Crippen LogP contribution in [-0.2, 0) is 4.79 Å². The van der Waals surface area contributed by atoms with Crippen molar-refractivity contribution < 1.29 is 4.79 Å². The van der Waals surface area contributed by atoms with Gasteiger partial charge in [0.1, 0.15) is 0 Å². The molecule has 0 fully saturated rings. The molecule has 0 bridgehead atoms. The van der Waals surface area contributed by atoms with Crippen LogP contribution in [0.3, 0.4) is 0 Å². The molecule has 1 N–H and O–H groups in total. The Hall–Kier alpha value is -0.630. The zero-order chi connectivity index (χ0) is 8.69. The van der Waals surface area contributed by atoms with E-state index in [1.807, 2.05) is 33.0 Å². The molecule has 0 aliphatic rings. The number of rotatable bonds is 5. The molecule has 0 saturated carbocycles. The maximum Gasteiger partial charge on any atom is 0.153 e. The van der Waals surface area contributed by atoms with Gasteiger partial charge in [-0.2, -0.15) is 0 Å².